The molecule has 5 heteroatoms. The van der Waals surface area contributed by atoms with E-state index in [1.807, 2.05) is 29.2 Å². The van der Waals surface area contributed by atoms with Crippen molar-refractivity contribution in [2.45, 2.75) is 25.4 Å². The minimum Gasteiger partial charge on any atom is -0.491 e. The number of ether oxygens (including phenoxy) is 3. The van der Waals surface area contributed by atoms with Crippen molar-refractivity contribution in [1.82, 2.24) is 4.90 Å². The van der Waals surface area contributed by atoms with Crippen LogP contribution in [-0.4, -0.2) is 56.4 Å². The highest BCUT2D eigenvalue weighted by Crippen LogP contribution is 2.28. The summed E-state index contributed by atoms with van der Waals surface area (Å²) in [6.07, 6.45) is 3.39. The lowest BCUT2D eigenvalue weighted by atomic mass is 9.99. The average molecular weight is 432 g/mol. The molecule has 0 saturated carbocycles. The van der Waals surface area contributed by atoms with Gasteiger partial charge in [-0.2, -0.15) is 0 Å². The zero-order valence-corrected chi connectivity index (χ0v) is 18.3. The molecule has 2 saturated heterocycles. The van der Waals surface area contributed by atoms with Crippen LogP contribution in [0.15, 0.2) is 60.7 Å². The summed E-state index contributed by atoms with van der Waals surface area (Å²) in [6.45, 7) is 4.05. The standard InChI is InChI=1S/C27H29NO4/c29-27(28-11-2-1-3-12-28)23-6-4-5-21(15-23)22-8-7-20-9-10-25(17-24(20)16-22)32-19-26-18-30-13-14-31-26/h4-10,15-17,26H,1-3,11-14,18-19H2. The van der Waals surface area contributed by atoms with E-state index in [4.69, 9.17) is 14.2 Å². The molecule has 1 unspecified atom stereocenters. The summed E-state index contributed by atoms with van der Waals surface area (Å²) in [5.74, 6) is 0.954. The van der Waals surface area contributed by atoms with E-state index in [9.17, 15) is 4.79 Å². The predicted octanol–water partition coefficient (Wildman–Crippen LogP) is 4.93. The third kappa shape index (κ3) is 4.79. The summed E-state index contributed by atoms with van der Waals surface area (Å²) < 4.78 is 17.1. The van der Waals surface area contributed by atoms with Gasteiger partial charge in [-0.15, -0.1) is 0 Å². The Kier molecular flexibility index (Phi) is 6.37. The lowest BCUT2D eigenvalue weighted by Crippen LogP contribution is -2.35. The number of nitrogens with zero attached hydrogens (tertiary/aromatic N) is 1. The maximum Gasteiger partial charge on any atom is 0.253 e. The fourth-order valence-electron chi connectivity index (χ4n) is 4.43. The first kappa shape index (κ1) is 21.0. The largest absolute Gasteiger partial charge is 0.491 e. The molecular weight excluding hydrogens is 402 g/mol. The van der Waals surface area contributed by atoms with Gasteiger partial charge in [-0.3, -0.25) is 4.79 Å². The van der Waals surface area contributed by atoms with Crippen LogP contribution in [0.25, 0.3) is 21.9 Å². The summed E-state index contributed by atoms with van der Waals surface area (Å²) in [5, 5.41) is 2.26. The smallest absolute Gasteiger partial charge is 0.253 e. The van der Waals surface area contributed by atoms with Crippen LogP contribution < -0.4 is 4.74 Å². The fourth-order valence-corrected chi connectivity index (χ4v) is 4.43. The van der Waals surface area contributed by atoms with Gasteiger partial charge in [0.25, 0.3) is 5.91 Å². The van der Waals surface area contributed by atoms with Crippen molar-refractivity contribution in [1.29, 1.82) is 0 Å². The van der Waals surface area contributed by atoms with Crippen LogP contribution in [0.1, 0.15) is 29.6 Å². The molecule has 3 aromatic carbocycles. The first-order valence-corrected chi connectivity index (χ1v) is 11.5. The molecule has 0 N–H and O–H groups in total. The van der Waals surface area contributed by atoms with Crippen molar-refractivity contribution in [3.8, 4) is 16.9 Å². The van der Waals surface area contributed by atoms with Crippen molar-refractivity contribution < 1.29 is 19.0 Å². The SMILES string of the molecule is O=C(c1cccc(-c2ccc3ccc(OCC4COCCO4)cc3c2)c1)N1CCCCC1. The second-order valence-corrected chi connectivity index (χ2v) is 8.54. The van der Waals surface area contributed by atoms with Gasteiger partial charge >= 0.3 is 0 Å². The van der Waals surface area contributed by atoms with Crippen LogP contribution in [0, 0.1) is 0 Å². The number of amides is 1. The van der Waals surface area contributed by atoms with E-state index in [0.29, 0.717) is 26.4 Å². The lowest BCUT2D eigenvalue weighted by Gasteiger charge is -2.26. The minimum atomic E-state index is -0.0223. The van der Waals surface area contributed by atoms with Crippen LogP contribution in [0.2, 0.25) is 0 Å². The highest BCUT2D eigenvalue weighted by Gasteiger charge is 2.18. The first-order chi connectivity index (χ1) is 15.8. The number of hydrogen-bond acceptors (Lipinski definition) is 4. The Bertz CT molecular complexity index is 1080. The third-order valence-electron chi connectivity index (χ3n) is 6.22. The summed E-state index contributed by atoms with van der Waals surface area (Å²) >= 11 is 0. The normalized spacial score (nSPS) is 19.1. The molecule has 5 nitrogen and oxygen atoms in total. The Morgan fingerprint density at radius 2 is 1.75 bits per heavy atom. The van der Waals surface area contributed by atoms with E-state index in [1.165, 1.54) is 6.42 Å². The summed E-state index contributed by atoms with van der Waals surface area (Å²) in [6, 6.07) is 20.5. The Balaban J connectivity index is 1.35. The van der Waals surface area contributed by atoms with E-state index >= 15 is 0 Å². The summed E-state index contributed by atoms with van der Waals surface area (Å²) in [4.78, 5) is 14.9. The van der Waals surface area contributed by atoms with Crippen LogP contribution in [-0.2, 0) is 9.47 Å². The lowest BCUT2D eigenvalue weighted by molar-refractivity contribution is -0.101. The molecule has 3 aromatic rings. The van der Waals surface area contributed by atoms with E-state index in [2.05, 4.69) is 36.4 Å². The molecule has 0 spiro atoms. The molecule has 32 heavy (non-hydrogen) atoms. The quantitative estimate of drug-likeness (QED) is 0.575. The van der Waals surface area contributed by atoms with E-state index in [1.54, 1.807) is 0 Å². The number of carbonyl (C=O) groups excluding carboxylic acids is 1. The molecule has 0 radical (unpaired) electrons. The second-order valence-electron chi connectivity index (χ2n) is 8.54. The molecule has 1 amide bonds. The Labute approximate surface area is 188 Å². The van der Waals surface area contributed by atoms with Gasteiger partial charge < -0.3 is 19.1 Å². The molecule has 2 aliphatic rings. The van der Waals surface area contributed by atoms with Gasteiger partial charge in [0, 0.05) is 18.7 Å². The Morgan fingerprint density at radius 3 is 2.59 bits per heavy atom. The Hall–Kier alpha value is -2.89. The van der Waals surface area contributed by atoms with Gasteiger partial charge in [-0.1, -0.05) is 30.3 Å². The number of fused-ring (bicyclic) bond motifs is 1. The molecule has 2 fully saturated rings. The molecule has 5 rings (SSSR count). The van der Waals surface area contributed by atoms with Crippen LogP contribution in [0.4, 0.5) is 0 Å². The van der Waals surface area contributed by atoms with E-state index < -0.39 is 0 Å². The average Bonchev–Trinajstić information content (AvgIpc) is 2.88. The zero-order valence-electron chi connectivity index (χ0n) is 18.3. The molecule has 1 atom stereocenters. The third-order valence-corrected chi connectivity index (χ3v) is 6.22. The van der Waals surface area contributed by atoms with Gasteiger partial charge in [-0.05, 0) is 71.5 Å². The molecule has 0 aliphatic carbocycles. The number of piperidine rings is 1. The molecular formula is C27H29NO4. The maximum atomic E-state index is 12.9. The van der Waals surface area contributed by atoms with Gasteiger partial charge in [0.1, 0.15) is 18.5 Å². The first-order valence-electron chi connectivity index (χ1n) is 11.5. The molecule has 2 aliphatic heterocycles. The van der Waals surface area contributed by atoms with Crippen molar-refractivity contribution in [2.24, 2.45) is 0 Å². The number of hydrogen-bond donors (Lipinski definition) is 0. The highest BCUT2D eigenvalue weighted by atomic mass is 16.6. The maximum absolute atomic E-state index is 12.9. The topological polar surface area (TPSA) is 48.0 Å². The zero-order chi connectivity index (χ0) is 21.8. The van der Waals surface area contributed by atoms with Gasteiger partial charge in [-0.25, -0.2) is 0 Å². The minimum absolute atomic E-state index is 0.0223. The summed E-state index contributed by atoms with van der Waals surface area (Å²) in [5.41, 5.74) is 2.90. The molecule has 166 valence electrons. The highest BCUT2D eigenvalue weighted by molar-refractivity contribution is 5.96. The van der Waals surface area contributed by atoms with E-state index in [-0.39, 0.29) is 12.0 Å². The predicted molar refractivity (Wildman–Crippen MR) is 125 cm³/mol. The Morgan fingerprint density at radius 1 is 0.906 bits per heavy atom. The van der Waals surface area contributed by atoms with Crippen molar-refractivity contribution in [3.05, 3.63) is 66.2 Å². The van der Waals surface area contributed by atoms with Crippen LogP contribution in [0.3, 0.4) is 0 Å². The van der Waals surface area contributed by atoms with Crippen LogP contribution >= 0.6 is 0 Å². The van der Waals surface area contributed by atoms with E-state index in [0.717, 1.165) is 59.1 Å². The molecule has 0 aromatic heterocycles. The number of benzene rings is 3. The van der Waals surface area contributed by atoms with Gasteiger partial charge in [0.05, 0.1) is 19.8 Å². The van der Waals surface area contributed by atoms with Gasteiger partial charge in [0.2, 0.25) is 0 Å². The number of carbonyl (C=O) groups is 1. The fraction of sp³-hybridized carbons (Fsp3) is 0.370. The number of rotatable bonds is 5. The monoisotopic (exact) mass is 431 g/mol. The van der Waals surface area contributed by atoms with Crippen molar-refractivity contribution in [2.75, 3.05) is 39.5 Å². The van der Waals surface area contributed by atoms with Crippen molar-refractivity contribution >= 4 is 16.7 Å². The molecule has 2 heterocycles. The molecule has 0 bridgehead atoms. The second kappa shape index (κ2) is 9.72. The van der Waals surface area contributed by atoms with Crippen LogP contribution in [0.5, 0.6) is 5.75 Å². The van der Waals surface area contributed by atoms with Crippen molar-refractivity contribution in [3.63, 3.8) is 0 Å². The van der Waals surface area contributed by atoms with Gasteiger partial charge in [0.15, 0.2) is 0 Å². The number of likely N-dealkylation sites (tertiary alicyclic amines) is 1. The summed E-state index contributed by atoms with van der Waals surface area (Å²) in [7, 11) is 0.